The second kappa shape index (κ2) is 11.7. The molecule has 5 rings (SSSR count). The van der Waals surface area contributed by atoms with Gasteiger partial charge in [-0.05, 0) is 47.9 Å². The summed E-state index contributed by atoms with van der Waals surface area (Å²) in [5.74, 6) is 0.0572. The Hall–Kier alpha value is -4.85. The van der Waals surface area contributed by atoms with E-state index in [9.17, 15) is 14.4 Å². The lowest BCUT2D eigenvalue weighted by Gasteiger charge is -2.24. The van der Waals surface area contributed by atoms with Crippen molar-refractivity contribution in [2.24, 2.45) is 0 Å². The molecule has 0 aliphatic carbocycles. The van der Waals surface area contributed by atoms with Crippen molar-refractivity contribution in [3.05, 3.63) is 125 Å². The molecule has 8 nitrogen and oxygen atoms in total. The number of carbonyl (C=O) groups excluding carboxylic acids is 3. The zero-order chi connectivity index (χ0) is 27.2. The topological polar surface area (TPSA) is 101 Å². The van der Waals surface area contributed by atoms with Crippen LogP contribution in [0.3, 0.4) is 0 Å². The first-order chi connectivity index (χ1) is 19.0. The van der Waals surface area contributed by atoms with Crippen molar-refractivity contribution in [2.45, 2.75) is 38.6 Å². The number of anilines is 1. The average molecular weight is 524 g/mol. The van der Waals surface area contributed by atoms with Crippen LogP contribution in [0.5, 0.6) is 0 Å². The molecular formula is C31H29N3O5. The molecule has 3 amide bonds. The van der Waals surface area contributed by atoms with E-state index in [4.69, 9.17) is 9.15 Å². The van der Waals surface area contributed by atoms with Crippen molar-refractivity contribution in [2.75, 3.05) is 5.32 Å². The number of amides is 3. The van der Waals surface area contributed by atoms with Gasteiger partial charge in [0.05, 0.1) is 25.8 Å². The molecule has 0 spiro atoms. The lowest BCUT2D eigenvalue weighted by Crippen LogP contribution is -2.46. The van der Waals surface area contributed by atoms with Crippen molar-refractivity contribution in [1.82, 2.24) is 10.2 Å². The van der Waals surface area contributed by atoms with Crippen molar-refractivity contribution in [3.8, 4) is 0 Å². The van der Waals surface area contributed by atoms with E-state index in [2.05, 4.69) is 10.6 Å². The quantitative estimate of drug-likeness (QED) is 0.316. The predicted octanol–water partition coefficient (Wildman–Crippen LogP) is 5.15. The first kappa shape index (κ1) is 25.8. The first-order valence-electron chi connectivity index (χ1n) is 12.7. The normalized spacial score (nSPS) is 16.5. The van der Waals surface area contributed by atoms with Crippen LogP contribution in [0.1, 0.15) is 34.1 Å². The molecule has 2 heterocycles. The Morgan fingerprint density at radius 3 is 2.44 bits per heavy atom. The number of nitrogens with zero attached hydrogens (tertiary/aromatic N) is 1. The van der Waals surface area contributed by atoms with Crippen LogP contribution >= 0.6 is 0 Å². The molecule has 1 fully saturated rings. The molecule has 2 atom stereocenters. The van der Waals surface area contributed by atoms with E-state index in [0.29, 0.717) is 17.0 Å². The van der Waals surface area contributed by atoms with Gasteiger partial charge in [-0.1, -0.05) is 72.3 Å². The minimum absolute atomic E-state index is 0.171. The zero-order valence-electron chi connectivity index (χ0n) is 21.5. The fraction of sp³-hybridized carbons (Fsp3) is 0.194. The number of aryl methyl sites for hydroxylation is 1. The molecule has 39 heavy (non-hydrogen) atoms. The Kier molecular flexibility index (Phi) is 7.73. The summed E-state index contributed by atoms with van der Waals surface area (Å²) in [6.45, 7) is 2.37. The standard InChI is InChI=1S/C31H29N3O5/c1-21-12-14-23(15-13-21)20-34-28(30(36)32-19-26-11-6-16-38-26)29(39-31(34)37)24-9-5-10-25(18-24)33-27(35)17-22-7-3-2-4-8-22/h2-16,18,28-29H,17,19-20H2,1H3,(H,32,36)(H,33,35)/t28-,29-/m0/s1. The molecule has 1 saturated heterocycles. The van der Waals surface area contributed by atoms with Crippen LogP contribution in [0.25, 0.3) is 0 Å². The van der Waals surface area contributed by atoms with Gasteiger partial charge in [-0.2, -0.15) is 0 Å². The molecule has 0 saturated carbocycles. The molecule has 3 aromatic carbocycles. The Morgan fingerprint density at radius 1 is 0.897 bits per heavy atom. The lowest BCUT2D eigenvalue weighted by molar-refractivity contribution is -0.126. The maximum Gasteiger partial charge on any atom is 0.411 e. The van der Waals surface area contributed by atoms with Gasteiger partial charge >= 0.3 is 6.09 Å². The van der Waals surface area contributed by atoms with E-state index < -0.39 is 18.2 Å². The second-order valence-electron chi connectivity index (χ2n) is 9.50. The maximum absolute atomic E-state index is 13.5. The van der Waals surface area contributed by atoms with Gasteiger partial charge in [-0.15, -0.1) is 0 Å². The number of nitrogens with one attached hydrogen (secondary N) is 2. The van der Waals surface area contributed by atoms with Gasteiger partial charge in [0.25, 0.3) is 0 Å². The van der Waals surface area contributed by atoms with Crippen molar-refractivity contribution in [1.29, 1.82) is 0 Å². The zero-order valence-corrected chi connectivity index (χ0v) is 21.5. The number of benzene rings is 3. The van der Waals surface area contributed by atoms with Crippen molar-refractivity contribution < 1.29 is 23.5 Å². The summed E-state index contributed by atoms with van der Waals surface area (Å²) in [4.78, 5) is 40.6. The van der Waals surface area contributed by atoms with Crippen LogP contribution in [0.15, 0.2) is 102 Å². The summed E-state index contributed by atoms with van der Waals surface area (Å²) in [6, 6.07) is 26.9. The summed E-state index contributed by atoms with van der Waals surface area (Å²) in [5, 5.41) is 5.77. The predicted molar refractivity (Wildman–Crippen MR) is 146 cm³/mol. The monoisotopic (exact) mass is 523 g/mol. The number of ether oxygens (including phenoxy) is 1. The van der Waals surface area contributed by atoms with E-state index >= 15 is 0 Å². The summed E-state index contributed by atoms with van der Waals surface area (Å²) in [7, 11) is 0. The summed E-state index contributed by atoms with van der Waals surface area (Å²) in [6.07, 6.45) is 0.308. The smallest absolute Gasteiger partial charge is 0.411 e. The van der Waals surface area contributed by atoms with E-state index in [1.807, 2.05) is 61.5 Å². The minimum Gasteiger partial charge on any atom is -0.467 e. The molecule has 0 radical (unpaired) electrons. The second-order valence-corrected chi connectivity index (χ2v) is 9.50. The molecule has 1 aromatic heterocycles. The minimum atomic E-state index is -0.927. The third kappa shape index (κ3) is 6.35. The maximum atomic E-state index is 13.5. The largest absolute Gasteiger partial charge is 0.467 e. The average Bonchev–Trinajstić information content (AvgIpc) is 3.57. The Bertz CT molecular complexity index is 1430. The van der Waals surface area contributed by atoms with Crippen LogP contribution in [-0.2, 0) is 33.8 Å². The highest BCUT2D eigenvalue weighted by Crippen LogP contribution is 2.35. The molecule has 0 bridgehead atoms. The molecule has 1 aliphatic heterocycles. The van der Waals surface area contributed by atoms with Gasteiger partial charge in [-0.3, -0.25) is 14.5 Å². The van der Waals surface area contributed by atoms with Gasteiger partial charge in [0.15, 0.2) is 12.1 Å². The van der Waals surface area contributed by atoms with Gasteiger partial charge in [0.2, 0.25) is 11.8 Å². The number of furan rings is 1. The number of hydrogen-bond donors (Lipinski definition) is 2. The summed E-state index contributed by atoms with van der Waals surface area (Å²) < 4.78 is 11.1. The molecule has 4 aromatic rings. The number of cyclic esters (lactones) is 1. The first-order valence-corrected chi connectivity index (χ1v) is 12.7. The van der Waals surface area contributed by atoms with Crippen LogP contribution in [-0.4, -0.2) is 28.8 Å². The third-order valence-electron chi connectivity index (χ3n) is 6.55. The number of carbonyl (C=O) groups is 3. The molecule has 0 unspecified atom stereocenters. The Labute approximate surface area is 226 Å². The highest BCUT2D eigenvalue weighted by Gasteiger charge is 2.47. The fourth-order valence-corrected chi connectivity index (χ4v) is 4.57. The fourth-order valence-electron chi connectivity index (χ4n) is 4.57. The summed E-state index contributed by atoms with van der Waals surface area (Å²) >= 11 is 0. The molecule has 1 aliphatic rings. The van der Waals surface area contributed by atoms with Crippen LogP contribution in [0.2, 0.25) is 0 Å². The highest BCUT2D eigenvalue weighted by molar-refractivity contribution is 5.92. The van der Waals surface area contributed by atoms with Gasteiger partial charge in [-0.25, -0.2) is 4.79 Å². The third-order valence-corrected chi connectivity index (χ3v) is 6.55. The van der Waals surface area contributed by atoms with E-state index in [0.717, 1.165) is 16.7 Å². The van der Waals surface area contributed by atoms with Crippen LogP contribution in [0.4, 0.5) is 10.5 Å². The molecule has 2 N–H and O–H groups in total. The molecule has 8 heteroatoms. The Morgan fingerprint density at radius 2 is 1.69 bits per heavy atom. The summed E-state index contributed by atoms with van der Waals surface area (Å²) in [5.41, 5.74) is 4.03. The Balaban J connectivity index is 1.37. The van der Waals surface area contributed by atoms with Crippen molar-refractivity contribution in [3.63, 3.8) is 0 Å². The SMILES string of the molecule is Cc1ccc(CN2C(=O)O[C@@H](c3cccc(NC(=O)Cc4ccccc4)c3)[C@H]2C(=O)NCc2ccco2)cc1. The van der Waals surface area contributed by atoms with E-state index in [1.54, 1.807) is 36.4 Å². The van der Waals surface area contributed by atoms with Gasteiger partial charge < -0.3 is 19.8 Å². The molecule has 198 valence electrons. The van der Waals surface area contributed by atoms with Gasteiger partial charge in [0.1, 0.15) is 5.76 Å². The number of rotatable bonds is 9. The van der Waals surface area contributed by atoms with Crippen molar-refractivity contribution >= 4 is 23.6 Å². The van der Waals surface area contributed by atoms with E-state index in [-0.39, 0.29) is 31.3 Å². The van der Waals surface area contributed by atoms with E-state index in [1.165, 1.54) is 11.2 Å². The highest BCUT2D eigenvalue weighted by atomic mass is 16.6. The number of hydrogen-bond acceptors (Lipinski definition) is 5. The lowest BCUT2D eigenvalue weighted by atomic mass is 10.00. The van der Waals surface area contributed by atoms with Crippen LogP contribution in [0, 0.1) is 6.92 Å². The molecular weight excluding hydrogens is 494 g/mol. The van der Waals surface area contributed by atoms with Crippen LogP contribution < -0.4 is 10.6 Å². The van der Waals surface area contributed by atoms with Gasteiger partial charge in [0, 0.05) is 5.69 Å².